The summed E-state index contributed by atoms with van der Waals surface area (Å²) in [6.45, 7) is 0.536. The average Bonchev–Trinajstić information content (AvgIpc) is 3.08. The predicted molar refractivity (Wildman–Crippen MR) is 85.5 cm³/mol. The molecule has 1 N–H and O–H groups in total. The molecule has 0 aromatic carbocycles. The molecule has 0 aliphatic heterocycles. The zero-order valence-corrected chi connectivity index (χ0v) is 13.1. The van der Waals surface area contributed by atoms with Crippen LogP contribution < -0.4 is 0 Å². The smallest absolute Gasteiger partial charge is 0.328 e. The molecule has 2 heterocycles. The van der Waals surface area contributed by atoms with Gasteiger partial charge in [0.15, 0.2) is 0 Å². The van der Waals surface area contributed by atoms with Crippen LogP contribution in [0.3, 0.4) is 0 Å². The summed E-state index contributed by atoms with van der Waals surface area (Å²) in [5, 5.41) is 14.4. The molecule has 21 heavy (non-hydrogen) atoms. The van der Waals surface area contributed by atoms with Gasteiger partial charge in [0.2, 0.25) is 5.91 Å². The molecule has 0 radical (unpaired) electrons. The predicted octanol–water partition coefficient (Wildman–Crippen LogP) is 3.11. The van der Waals surface area contributed by atoms with Gasteiger partial charge in [-0.25, -0.2) is 4.79 Å². The number of carboxylic acid groups (broad SMARTS) is 1. The van der Waals surface area contributed by atoms with Crippen molar-refractivity contribution in [1.82, 2.24) is 4.90 Å². The molecule has 0 unspecified atom stereocenters. The van der Waals surface area contributed by atoms with Gasteiger partial charge in [0.1, 0.15) is 0 Å². The van der Waals surface area contributed by atoms with Gasteiger partial charge in [-0.1, -0.05) is 0 Å². The van der Waals surface area contributed by atoms with E-state index in [2.05, 4.69) is 0 Å². The molecule has 2 aromatic rings. The van der Waals surface area contributed by atoms with Crippen LogP contribution in [0, 0.1) is 0 Å². The Hall–Kier alpha value is -1.92. The summed E-state index contributed by atoms with van der Waals surface area (Å²) in [7, 11) is 1.78. The van der Waals surface area contributed by atoms with Crippen molar-refractivity contribution in [3.8, 4) is 0 Å². The third kappa shape index (κ3) is 4.84. The Morgan fingerprint density at radius 1 is 1.38 bits per heavy atom. The molecule has 0 aliphatic carbocycles. The van der Waals surface area contributed by atoms with Crippen LogP contribution in [-0.2, 0) is 22.6 Å². The van der Waals surface area contributed by atoms with E-state index in [-0.39, 0.29) is 5.91 Å². The fraction of sp³-hybridized carbons (Fsp3) is 0.200. The number of thiophene rings is 2. The molecule has 6 heteroatoms. The van der Waals surface area contributed by atoms with E-state index in [1.54, 1.807) is 29.4 Å². The Bertz CT molecular complexity index is 644. The van der Waals surface area contributed by atoms with Gasteiger partial charge in [0.25, 0.3) is 0 Å². The molecule has 2 aromatic heterocycles. The van der Waals surface area contributed by atoms with E-state index < -0.39 is 5.97 Å². The first kappa shape index (κ1) is 15.5. The van der Waals surface area contributed by atoms with Crippen molar-refractivity contribution in [1.29, 1.82) is 0 Å². The van der Waals surface area contributed by atoms with Gasteiger partial charge in [-0.15, -0.1) is 11.3 Å². The minimum Gasteiger partial charge on any atom is -0.478 e. The van der Waals surface area contributed by atoms with E-state index in [1.807, 2.05) is 28.3 Å². The highest BCUT2D eigenvalue weighted by Gasteiger charge is 2.11. The van der Waals surface area contributed by atoms with Gasteiger partial charge < -0.3 is 10.0 Å². The van der Waals surface area contributed by atoms with Crippen LogP contribution >= 0.6 is 22.7 Å². The Kier molecular flexibility index (Phi) is 5.30. The SMILES string of the molecule is CN(Cc1cc(C=CC(=O)O)cs1)C(=O)Cc1ccsc1. The van der Waals surface area contributed by atoms with E-state index in [4.69, 9.17) is 5.11 Å². The quantitative estimate of drug-likeness (QED) is 0.832. The largest absolute Gasteiger partial charge is 0.478 e. The van der Waals surface area contributed by atoms with E-state index in [1.165, 1.54) is 11.3 Å². The zero-order valence-electron chi connectivity index (χ0n) is 11.5. The van der Waals surface area contributed by atoms with Crippen molar-refractivity contribution < 1.29 is 14.7 Å². The maximum absolute atomic E-state index is 12.1. The maximum atomic E-state index is 12.1. The number of hydrogen-bond acceptors (Lipinski definition) is 4. The second-order valence-corrected chi connectivity index (χ2v) is 6.35. The summed E-state index contributed by atoms with van der Waals surface area (Å²) in [6, 6.07) is 3.86. The number of carbonyl (C=O) groups excluding carboxylic acids is 1. The Morgan fingerprint density at radius 2 is 2.19 bits per heavy atom. The standard InChI is InChI=1S/C15H15NO3S2/c1-16(14(17)7-12-4-5-20-9-12)8-13-6-11(10-21-13)2-3-15(18)19/h2-6,9-10H,7-8H2,1H3,(H,18,19). The molecule has 0 saturated heterocycles. The summed E-state index contributed by atoms with van der Waals surface area (Å²) in [5.74, 6) is -0.893. The number of likely N-dealkylation sites (N-methyl/N-ethyl adjacent to an activating group) is 1. The van der Waals surface area contributed by atoms with Crippen LogP contribution in [0.5, 0.6) is 0 Å². The Morgan fingerprint density at radius 3 is 2.86 bits per heavy atom. The number of aliphatic carboxylic acids is 1. The van der Waals surface area contributed by atoms with Crippen LogP contribution in [0.15, 0.2) is 34.3 Å². The fourth-order valence-corrected chi connectivity index (χ4v) is 3.34. The van der Waals surface area contributed by atoms with Crippen molar-refractivity contribution in [2.24, 2.45) is 0 Å². The molecule has 1 amide bonds. The van der Waals surface area contributed by atoms with Crippen molar-refractivity contribution in [2.75, 3.05) is 7.05 Å². The van der Waals surface area contributed by atoms with Crippen molar-refractivity contribution in [3.05, 3.63) is 50.4 Å². The summed E-state index contributed by atoms with van der Waals surface area (Å²) in [4.78, 5) is 25.3. The third-order valence-electron chi connectivity index (χ3n) is 2.85. The first-order chi connectivity index (χ1) is 10.0. The van der Waals surface area contributed by atoms with Crippen LogP contribution in [0.1, 0.15) is 16.0 Å². The summed E-state index contributed by atoms with van der Waals surface area (Å²) in [6.07, 6.45) is 3.07. The number of hydrogen-bond donors (Lipinski definition) is 1. The summed E-state index contributed by atoms with van der Waals surface area (Å²) in [5.41, 5.74) is 1.88. The van der Waals surface area contributed by atoms with Crippen molar-refractivity contribution >= 4 is 40.6 Å². The van der Waals surface area contributed by atoms with E-state index in [0.717, 1.165) is 22.1 Å². The molecular formula is C15H15NO3S2. The van der Waals surface area contributed by atoms with Crippen LogP contribution in [-0.4, -0.2) is 28.9 Å². The van der Waals surface area contributed by atoms with E-state index in [9.17, 15) is 9.59 Å². The van der Waals surface area contributed by atoms with E-state index >= 15 is 0 Å². The summed E-state index contributed by atoms with van der Waals surface area (Å²) >= 11 is 3.10. The van der Waals surface area contributed by atoms with E-state index in [0.29, 0.717) is 13.0 Å². The molecule has 4 nitrogen and oxygen atoms in total. The van der Waals surface area contributed by atoms with Gasteiger partial charge >= 0.3 is 5.97 Å². The highest BCUT2D eigenvalue weighted by molar-refractivity contribution is 7.10. The molecule has 0 aliphatic rings. The second kappa shape index (κ2) is 7.19. The molecule has 0 bridgehead atoms. The van der Waals surface area contributed by atoms with Gasteiger partial charge in [-0.3, -0.25) is 4.79 Å². The topological polar surface area (TPSA) is 57.6 Å². The number of carboxylic acids is 1. The summed E-state index contributed by atoms with van der Waals surface area (Å²) < 4.78 is 0. The average molecular weight is 321 g/mol. The number of rotatable bonds is 6. The lowest BCUT2D eigenvalue weighted by Gasteiger charge is -2.15. The maximum Gasteiger partial charge on any atom is 0.328 e. The van der Waals surface area contributed by atoms with Gasteiger partial charge in [-0.05, 0) is 45.5 Å². The number of amides is 1. The minimum atomic E-state index is -0.967. The van der Waals surface area contributed by atoms with Crippen LogP contribution in [0.4, 0.5) is 0 Å². The lowest BCUT2D eigenvalue weighted by atomic mass is 10.2. The molecular weight excluding hydrogens is 306 g/mol. The minimum absolute atomic E-state index is 0.0735. The lowest BCUT2D eigenvalue weighted by Crippen LogP contribution is -2.27. The highest BCUT2D eigenvalue weighted by Crippen LogP contribution is 2.18. The molecule has 2 rings (SSSR count). The third-order valence-corrected chi connectivity index (χ3v) is 4.52. The highest BCUT2D eigenvalue weighted by atomic mass is 32.1. The normalized spacial score (nSPS) is 10.9. The lowest BCUT2D eigenvalue weighted by molar-refractivity contribution is -0.131. The van der Waals surface area contributed by atoms with Crippen molar-refractivity contribution in [2.45, 2.75) is 13.0 Å². The molecule has 0 fully saturated rings. The van der Waals surface area contributed by atoms with Gasteiger partial charge in [-0.2, -0.15) is 11.3 Å². The fourth-order valence-electron chi connectivity index (χ4n) is 1.76. The first-order valence-electron chi connectivity index (χ1n) is 6.28. The van der Waals surface area contributed by atoms with Gasteiger partial charge in [0, 0.05) is 18.0 Å². The zero-order chi connectivity index (χ0) is 15.2. The van der Waals surface area contributed by atoms with Crippen LogP contribution in [0.25, 0.3) is 6.08 Å². The monoisotopic (exact) mass is 321 g/mol. The molecule has 110 valence electrons. The number of carbonyl (C=O) groups is 2. The van der Waals surface area contributed by atoms with Gasteiger partial charge in [0.05, 0.1) is 13.0 Å². The molecule has 0 atom stereocenters. The first-order valence-corrected chi connectivity index (χ1v) is 8.10. The number of nitrogens with zero attached hydrogens (tertiary/aromatic N) is 1. The second-order valence-electron chi connectivity index (χ2n) is 4.58. The molecule has 0 spiro atoms. The Balaban J connectivity index is 1.91. The Labute approximate surface area is 131 Å². The molecule has 0 saturated carbocycles. The van der Waals surface area contributed by atoms with Crippen LogP contribution in [0.2, 0.25) is 0 Å². The van der Waals surface area contributed by atoms with Crippen molar-refractivity contribution in [3.63, 3.8) is 0 Å².